The first-order chi connectivity index (χ1) is 9.29. The van der Waals surface area contributed by atoms with Gasteiger partial charge in [0, 0.05) is 6.54 Å². The van der Waals surface area contributed by atoms with Gasteiger partial charge in [-0.3, -0.25) is 4.90 Å². The van der Waals surface area contributed by atoms with Gasteiger partial charge in [-0.1, -0.05) is 18.6 Å². The van der Waals surface area contributed by atoms with Crippen molar-refractivity contribution in [2.24, 2.45) is 0 Å². The number of benzene rings is 1. The predicted molar refractivity (Wildman–Crippen MR) is 76.6 cm³/mol. The van der Waals surface area contributed by atoms with Crippen LogP contribution < -0.4 is 4.74 Å². The number of likely N-dealkylation sites (tertiary alicyclic amines) is 1. The summed E-state index contributed by atoms with van der Waals surface area (Å²) in [5.41, 5.74) is 1.22. The summed E-state index contributed by atoms with van der Waals surface area (Å²) in [5.74, 6) is 0.936. The van der Waals surface area contributed by atoms with Gasteiger partial charge in [0.2, 0.25) is 0 Å². The Morgan fingerprint density at radius 2 is 2.32 bits per heavy atom. The molecule has 2 rings (SSSR count). The van der Waals surface area contributed by atoms with Crippen LogP contribution in [0.25, 0.3) is 0 Å². The Balaban J connectivity index is 1.70. The van der Waals surface area contributed by atoms with Crippen LogP contribution in [0.1, 0.15) is 31.2 Å². The van der Waals surface area contributed by atoms with Crippen molar-refractivity contribution in [1.29, 1.82) is 0 Å². The summed E-state index contributed by atoms with van der Waals surface area (Å²) in [6, 6.07) is 8.25. The predicted octanol–water partition coefficient (Wildman–Crippen LogP) is 2.82. The number of aldehydes is 1. The molecule has 0 radical (unpaired) electrons. The smallest absolute Gasteiger partial charge is 0.137 e. The van der Waals surface area contributed by atoms with E-state index in [-0.39, 0.29) is 6.04 Å². The first-order valence-corrected chi connectivity index (χ1v) is 7.18. The summed E-state index contributed by atoms with van der Waals surface area (Å²) in [5, 5.41) is 0. The van der Waals surface area contributed by atoms with Crippen LogP contribution in [0.5, 0.6) is 5.75 Å². The van der Waals surface area contributed by atoms with E-state index in [1.165, 1.54) is 18.4 Å². The number of rotatable bonds is 6. The van der Waals surface area contributed by atoms with Crippen molar-refractivity contribution in [3.8, 4) is 5.75 Å². The van der Waals surface area contributed by atoms with Crippen molar-refractivity contribution in [2.75, 3.05) is 19.7 Å². The highest BCUT2D eigenvalue weighted by atomic mass is 16.5. The molecule has 0 aliphatic carbocycles. The molecule has 1 aliphatic heterocycles. The molecule has 1 atom stereocenters. The van der Waals surface area contributed by atoms with Crippen molar-refractivity contribution in [1.82, 2.24) is 4.90 Å². The second-order valence-corrected chi connectivity index (χ2v) is 5.25. The summed E-state index contributed by atoms with van der Waals surface area (Å²) in [6.45, 7) is 4.78. The van der Waals surface area contributed by atoms with Gasteiger partial charge in [0.05, 0.1) is 12.6 Å². The first kappa shape index (κ1) is 14.1. The summed E-state index contributed by atoms with van der Waals surface area (Å²) in [4.78, 5) is 13.3. The van der Waals surface area contributed by atoms with E-state index in [9.17, 15) is 4.79 Å². The summed E-state index contributed by atoms with van der Waals surface area (Å²) < 4.78 is 5.73. The number of carbonyl (C=O) groups excluding carboxylic acids is 1. The summed E-state index contributed by atoms with van der Waals surface area (Å²) in [7, 11) is 0. The van der Waals surface area contributed by atoms with E-state index in [1.54, 1.807) is 0 Å². The van der Waals surface area contributed by atoms with Gasteiger partial charge in [-0.15, -0.1) is 0 Å². The van der Waals surface area contributed by atoms with Crippen molar-refractivity contribution >= 4 is 6.29 Å². The largest absolute Gasteiger partial charge is 0.494 e. The number of hydrogen-bond donors (Lipinski definition) is 0. The Bertz CT molecular complexity index is 405. The number of carbonyl (C=O) groups is 1. The fourth-order valence-corrected chi connectivity index (χ4v) is 2.61. The van der Waals surface area contributed by atoms with Crippen LogP contribution in [0.4, 0.5) is 0 Å². The molecule has 0 amide bonds. The highest BCUT2D eigenvalue weighted by molar-refractivity contribution is 5.57. The number of hydrogen-bond acceptors (Lipinski definition) is 3. The van der Waals surface area contributed by atoms with Crippen LogP contribution in [-0.4, -0.2) is 36.9 Å². The van der Waals surface area contributed by atoms with Gasteiger partial charge in [-0.05, 0) is 50.4 Å². The quantitative estimate of drug-likeness (QED) is 0.582. The third kappa shape index (κ3) is 4.35. The normalized spacial score (nSPS) is 20.2. The molecule has 0 bridgehead atoms. The number of aryl methyl sites for hydroxylation is 1. The molecule has 3 heteroatoms. The molecule has 1 aromatic rings. The van der Waals surface area contributed by atoms with E-state index in [4.69, 9.17) is 4.74 Å². The van der Waals surface area contributed by atoms with Crippen LogP contribution in [0.15, 0.2) is 24.3 Å². The second kappa shape index (κ2) is 7.29. The highest BCUT2D eigenvalue weighted by Crippen LogP contribution is 2.16. The molecule has 1 aliphatic rings. The average Bonchev–Trinajstić information content (AvgIpc) is 2.44. The van der Waals surface area contributed by atoms with Crippen LogP contribution in [0.3, 0.4) is 0 Å². The standard InChI is InChI=1S/C16H23NO2/c1-14-6-4-8-16(12-14)19-11-5-10-17-9-3-2-7-15(17)13-18/h4,6,8,12-13,15H,2-3,5,7,9-11H2,1H3. The minimum Gasteiger partial charge on any atom is -0.494 e. The minimum atomic E-state index is 0.132. The molecule has 0 saturated carbocycles. The Kier molecular flexibility index (Phi) is 5.40. The molecular weight excluding hydrogens is 238 g/mol. The van der Waals surface area contributed by atoms with Crippen LogP contribution in [-0.2, 0) is 4.79 Å². The van der Waals surface area contributed by atoms with E-state index in [2.05, 4.69) is 24.0 Å². The topological polar surface area (TPSA) is 29.5 Å². The second-order valence-electron chi connectivity index (χ2n) is 5.25. The Labute approximate surface area is 115 Å². The molecule has 0 aromatic heterocycles. The summed E-state index contributed by atoms with van der Waals surface area (Å²) in [6.07, 6.45) is 5.48. The average molecular weight is 261 g/mol. The highest BCUT2D eigenvalue weighted by Gasteiger charge is 2.20. The van der Waals surface area contributed by atoms with Crippen molar-refractivity contribution in [3.63, 3.8) is 0 Å². The molecule has 3 nitrogen and oxygen atoms in total. The molecular formula is C16H23NO2. The van der Waals surface area contributed by atoms with Gasteiger partial charge >= 0.3 is 0 Å². The lowest BCUT2D eigenvalue weighted by Crippen LogP contribution is -2.41. The maximum Gasteiger partial charge on any atom is 0.137 e. The fourth-order valence-electron chi connectivity index (χ4n) is 2.61. The lowest BCUT2D eigenvalue weighted by molar-refractivity contribution is -0.113. The lowest BCUT2D eigenvalue weighted by Gasteiger charge is -2.32. The van der Waals surface area contributed by atoms with E-state index >= 15 is 0 Å². The van der Waals surface area contributed by atoms with Crippen LogP contribution >= 0.6 is 0 Å². The number of ether oxygens (including phenoxy) is 1. The molecule has 1 saturated heterocycles. The minimum absolute atomic E-state index is 0.132. The molecule has 1 fully saturated rings. The van der Waals surface area contributed by atoms with Crippen molar-refractivity contribution in [2.45, 2.75) is 38.6 Å². The fraction of sp³-hybridized carbons (Fsp3) is 0.562. The third-order valence-corrected chi connectivity index (χ3v) is 3.67. The Hall–Kier alpha value is -1.35. The monoisotopic (exact) mass is 261 g/mol. The first-order valence-electron chi connectivity index (χ1n) is 7.18. The lowest BCUT2D eigenvalue weighted by atomic mass is 10.0. The third-order valence-electron chi connectivity index (χ3n) is 3.67. The number of nitrogens with zero attached hydrogens (tertiary/aromatic N) is 1. The van der Waals surface area contributed by atoms with E-state index in [0.29, 0.717) is 6.61 Å². The molecule has 1 heterocycles. The molecule has 0 N–H and O–H groups in total. The molecule has 1 aromatic carbocycles. The molecule has 1 unspecified atom stereocenters. The van der Waals surface area contributed by atoms with Gasteiger partial charge in [0.1, 0.15) is 12.0 Å². The zero-order valence-corrected chi connectivity index (χ0v) is 11.7. The van der Waals surface area contributed by atoms with Crippen molar-refractivity contribution in [3.05, 3.63) is 29.8 Å². The SMILES string of the molecule is Cc1cccc(OCCCN2CCCCC2C=O)c1. The zero-order valence-electron chi connectivity index (χ0n) is 11.7. The molecule has 104 valence electrons. The van der Waals surface area contributed by atoms with Gasteiger partial charge in [-0.25, -0.2) is 0 Å². The summed E-state index contributed by atoms with van der Waals surface area (Å²) >= 11 is 0. The van der Waals surface area contributed by atoms with E-state index in [1.807, 2.05) is 12.1 Å². The zero-order chi connectivity index (χ0) is 13.5. The van der Waals surface area contributed by atoms with Crippen LogP contribution in [0.2, 0.25) is 0 Å². The van der Waals surface area contributed by atoms with Crippen LogP contribution in [0, 0.1) is 6.92 Å². The molecule has 0 spiro atoms. The van der Waals surface area contributed by atoms with Gasteiger partial charge < -0.3 is 9.53 Å². The Morgan fingerprint density at radius 3 is 3.11 bits per heavy atom. The van der Waals surface area contributed by atoms with Gasteiger partial charge in [0.15, 0.2) is 0 Å². The van der Waals surface area contributed by atoms with Gasteiger partial charge in [0.25, 0.3) is 0 Å². The number of piperidine rings is 1. The Morgan fingerprint density at radius 1 is 1.42 bits per heavy atom. The maximum atomic E-state index is 11.0. The molecule has 19 heavy (non-hydrogen) atoms. The van der Waals surface area contributed by atoms with Gasteiger partial charge in [-0.2, -0.15) is 0 Å². The van der Waals surface area contributed by atoms with E-state index < -0.39 is 0 Å². The van der Waals surface area contributed by atoms with Crippen molar-refractivity contribution < 1.29 is 9.53 Å². The maximum absolute atomic E-state index is 11.0. The van der Waals surface area contributed by atoms with E-state index in [0.717, 1.165) is 38.0 Å².